The molecule has 1 saturated heterocycles. The molecule has 0 atom stereocenters. The number of aliphatic hydroxyl groups is 1. The van der Waals surface area contributed by atoms with Crippen LogP contribution in [0.15, 0.2) is 53.4 Å². The number of nitrogens with one attached hydrogen (secondary N) is 1. The van der Waals surface area contributed by atoms with Crippen LogP contribution in [-0.4, -0.2) is 52.2 Å². The average Bonchev–Trinajstić information content (AvgIpc) is 3.10. The van der Waals surface area contributed by atoms with E-state index in [1.807, 2.05) is 36.4 Å². The van der Waals surface area contributed by atoms with Crippen LogP contribution in [0, 0.1) is 6.92 Å². The number of aromatic nitrogens is 3. The minimum Gasteiger partial charge on any atom is -0.390 e. The number of aliphatic hydroxyl groups excluding tert-OH is 1. The molecule has 0 bridgehead atoms. The Morgan fingerprint density at radius 3 is 2.35 bits per heavy atom. The van der Waals surface area contributed by atoms with Gasteiger partial charge in [-0.2, -0.15) is 4.31 Å². The van der Waals surface area contributed by atoms with E-state index in [1.54, 1.807) is 19.1 Å². The van der Waals surface area contributed by atoms with E-state index in [0.29, 0.717) is 22.8 Å². The number of β-amino-alcohol motifs (C(OH)–C–C–N with tert-alkyl or cyclic N) is 1. The Bertz CT molecular complexity index is 1040. The summed E-state index contributed by atoms with van der Waals surface area (Å²) in [5.41, 5.74) is 2.20. The number of sulfonamides is 1. The molecule has 2 heterocycles. The number of hydrogen-bond acceptors (Lipinski definition) is 5. The molecular weight excluding hydrogens is 352 g/mol. The minimum absolute atomic E-state index is 0.131. The second-order valence-electron chi connectivity index (χ2n) is 6.34. The molecule has 1 fully saturated rings. The summed E-state index contributed by atoms with van der Waals surface area (Å²) in [5.74, 6) is 1.13. The summed E-state index contributed by atoms with van der Waals surface area (Å²) in [4.78, 5) is 3.36. The standard InChI is InChI=1S/C18H18N4O3S/c1-12-7-8-14(9-16(12)26(24,25)22-10-15(23)11-22)18-19-17(20-21-18)13-5-3-2-4-6-13/h2-9,15,23H,10-11H2,1H3,(H,19,20,21). The summed E-state index contributed by atoms with van der Waals surface area (Å²) in [6.07, 6.45) is -0.587. The highest BCUT2D eigenvalue weighted by Gasteiger charge is 2.36. The van der Waals surface area contributed by atoms with Crippen molar-refractivity contribution in [3.63, 3.8) is 0 Å². The van der Waals surface area contributed by atoms with Gasteiger partial charge in [-0.05, 0) is 18.6 Å². The lowest BCUT2D eigenvalue weighted by Crippen LogP contribution is -2.53. The predicted molar refractivity (Wildman–Crippen MR) is 96.8 cm³/mol. The second kappa shape index (κ2) is 6.31. The first-order valence-electron chi connectivity index (χ1n) is 8.22. The molecule has 0 unspecified atom stereocenters. The maximum Gasteiger partial charge on any atom is 0.243 e. The topological polar surface area (TPSA) is 99.2 Å². The first kappa shape index (κ1) is 16.9. The molecule has 0 saturated carbocycles. The Balaban J connectivity index is 1.70. The fourth-order valence-electron chi connectivity index (χ4n) is 2.90. The smallest absolute Gasteiger partial charge is 0.243 e. The Kier molecular flexibility index (Phi) is 4.10. The Hall–Kier alpha value is -2.55. The van der Waals surface area contributed by atoms with Gasteiger partial charge in [0.15, 0.2) is 11.6 Å². The van der Waals surface area contributed by atoms with Crippen LogP contribution < -0.4 is 0 Å². The zero-order chi connectivity index (χ0) is 18.3. The number of nitrogens with zero attached hydrogens (tertiary/aromatic N) is 3. The van der Waals surface area contributed by atoms with E-state index < -0.39 is 16.1 Å². The SMILES string of the molecule is Cc1ccc(-c2nnc(-c3ccccc3)[nH]2)cc1S(=O)(=O)N1CC(O)C1. The lowest BCUT2D eigenvalue weighted by atomic mass is 10.1. The van der Waals surface area contributed by atoms with Gasteiger partial charge in [-0.15, -0.1) is 10.2 Å². The van der Waals surface area contributed by atoms with E-state index >= 15 is 0 Å². The summed E-state index contributed by atoms with van der Waals surface area (Å²) in [5, 5.41) is 17.7. The van der Waals surface area contributed by atoms with E-state index in [9.17, 15) is 13.5 Å². The largest absolute Gasteiger partial charge is 0.390 e. The molecule has 26 heavy (non-hydrogen) atoms. The quantitative estimate of drug-likeness (QED) is 0.730. The van der Waals surface area contributed by atoms with Gasteiger partial charge in [0.05, 0.1) is 11.0 Å². The zero-order valence-corrected chi connectivity index (χ0v) is 14.9. The van der Waals surface area contributed by atoms with Crippen LogP contribution in [0.2, 0.25) is 0 Å². The van der Waals surface area contributed by atoms with Crippen molar-refractivity contribution in [3.05, 3.63) is 54.1 Å². The highest BCUT2D eigenvalue weighted by atomic mass is 32.2. The molecule has 134 valence electrons. The van der Waals surface area contributed by atoms with Gasteiger partial charge in [-0.3, -0.25) is 0 Å². The van der Waals surface area contributed by atoms with E-state index in [1.165, 1.54) is 4.31 Å². The van der Waals surface area contributed by atoms with Crippen molar-refractivity contribution >= 4 is 10.0 Å². The number of aryl methyl sites for hydroxylation is 1. The summed E-state index contributed by atoms with van der Waals surface area (Å²) in [6.45, 7) is 2.02. The van der Waals surface area contributed by atoms with Crippen LogP contribution in [0.5, 0.6) is 0 Å². The van der Waals surface area contributed by atoms with Crippen molar-refractivity contribution in [2.75, 3.05) is 13.1 Å². The number of H-pyrrole nitrogens is 1. The van der Waals surface area contributed by atoms with Gasteiger partial charge in [0.2, 0.25) is 10.0 Å². The Morgan fingerprint density at radius 1 is 1.04 bits per heavy atom. The number of rotatable bonds is 4. The van der Waals surface area contributed by atoms with Crippen molar-refractivity contribution in [1.82, 2.24) is 19.5 Å². The first-order chi connectivity index (χ1) is 12.4. The number of benzene rings is 2. The van der Waals surface area contributed by atoms with Crippen LogP contribution in [0.25, 0.3) is 22.8 Å². The lowest BCUT2D eigenvalue weighted by Gasteiger charge is -2.35. The molecule has 1 aromatic heterocycles. The fourth-order valence-corrected chi connectivity index (χ4v) is 4.66. The van der Waals surface area contributed by atoms with Crippen LogP contribution in [0.1, 0.15) is 5.56 Å². The van der Waals surface area contributed by atoms with Gasteiger partial charge in [-0.25, -0.2) is 8.42 Å². The molecular formula is C18H18N4O3S. The van der Waals surface area contributed by atoms with Crippen molar-refractivity contribution in [3.8, 4) is 22.8 Å². The van der Waals surface area contributed by atoms with Gasteiger partial charge in [-0.1, -0.05) is 42.5 Å². The van der Waals surface area contributed by atoms with Crippen molar-refractivity contribution in [2.24, 2.45) is 0 Å². The molecule has 0 spiro atoms. The monoisotopic (exact) mass is 370 g/mol. The zero-order valence-electron chi connectivity index (χ0n) is 14.1. The first-order valence-corrected chi connectivity index (χ1v) is 9.66. The van der Waals surface area contributed by atoms with Gasteiger partial charge in [0.25, 0.3) is 0 Å². The van der Waals surface area contributed by atoms with Crippen LogP contribution in [0.3, 0.4) is 0 Å². The second-order valence-corrected chi connectivity index (χ2v) is 8.25. The average molecular weight is 370 g/mol. The molecule has 3 aromatic rings. The van der Waals surface area contributed by atoms with Crippen LogP contribution in [0.4, 0.5) is 0 Å². The van der Waals surface area contributed by atoms with Gasteiger partial charge in [0, 0.05) is 24.2 Å². The van der Waals surface area contributed by atoms with Crippen molar-refractivity contribution < 1.29 is 13.5 Å². The van der Waals surface area contributed by atoms with Crippen molar-refractivity contribution in [1.29, 1.82) is 0 Å². The fraction of sp³-hybridized carbons (Fsp3) is 0.222. The number of hydrogen-bond donors (Lipinski definition) is 2. The third kappa shape index (κ3) is 2.92. The lowest BCUT2D eigenvalue weighted by molar-refractivity contribution is 0.0547. The molecule has 0 amide bonds. The maximum atomic E-state index is 12.8. The van der Waals surface area contributed by atoms with Gasteiger partial charge < -0.3 is 10.1 Å². The molecule has 0 radical (unpaired) electrons. The summed E-state index contributed by atoms with van der Waals surface area (Å²) in [7, 11) is -3.63. The van der Waals surface area contributed by atoms with Crippen LogP contribution in [-0.2, 0) is 10.0 Å². The Labute approximate surface area is 151 Å². The van der Waals surface area contributed by atoms with Gasteiger partial charge in [0.1, 0.15) is 0 Å². The summed E-state index contributed by atoms with van der Waals surface area (Å²) >= 11 is 0. The summed E-state index contributed by atoms with van der Waals surface area (Å²) < 4.78 is 26.8. The van der Waals surface area contributed by atoms with Crippen molar-refractivity contribution in [2.45, 2.75) is 17.9 Å². The van der Waals surface area contributed by atoms with Gasteiger partial charge >= 0.3 is 0 Å². The molecule has 4 rings (SSSR count). The number of aromatic amines is 1. The highest BCUT2D eigenvalue weighted by Crippen LogP contribution is 2.28. The minimum atomic E-state index is -3.63. The highest BCUT2D eigenvalue weighted by molar-refractivity contribution is 7.89. The molecule has 1 aliphatic heterocycles. The molecule has 2 N–H and O–H groups in total. The molecule has 2 aromatic carbocycles. The third-order valence-corrected chi connectivity index (χ3v) is 6.42. The predicted octanol–water partition coefficient (Wildman–Crippen LogP) is 1.81. The van der Waals surface area contributed by atoms with E-state index in [4.69, 9.17) is 0 Å². The van der Waals surface area contributed by atoms with E-state index in [-0.39, 0.29) is 18.0 Å². The molecule has 0 aliphatic carbocycles. The normalized spacial score (nSPS) is 15.8. The summed E-state index contributed by atoms with van der Waals surface area (Å²) in [6, 6.07) is 14.8. The van der Waals surface area contributed by atoms with E-state index in [2.05, 4.69) is 15.2 Å². The maximum absolute atomic E-state index is 12.8. The molecule has 1 aliphatic rings. The van der Waals surface area contributed by atoms with Crippen LogP contribution >= 0.6 is 0 Å². The molecule has 8 heteroatoms. The molecule has 7 nitrogen and oxygen atoms in total. The van der Waals surface area contributed by atoms with E-state index in [0.717, 1.165) is 5.56 Å². The third-order valence-electron chi connectivity index (χ3n) is 4.44. The Morgan fingerprint density at radius 2 is 1.69 bits per heavy atom.